The molecule has 1 unspecified atom stereocenters. The van der Waals surface area contributed by atoms with Crippen LogP contribution in [0, 0.1) is 5.92 Å². The molecule has 0 bridgehead atoms. The van der Waals surface area contributed by atoms with Gasteiger partial charge in [-0.3, -0.25) is 0 Å². The molecule has 1 aromatic heterocycles. The van der Waals surface area contributed by atoms with Gasteiger partial charge in [-0.1, -0.05) is 31.0 Å². The summed E-state index contributed by atoms with van der Waals surface area (Å²) in [6.07, 6.45) is 5.97. The van der Waals surface area contributed by atoms with Crippen molar-refractivity contribution in [3.05, 3.63) is 36.0 Å². The van der Waals surface area contributed by atoms with E-state index in [-0.39, 0.29) is 6.10 Å². The van der Waals surface area contributed by atoms with Crippen molar-refractivity contribution >= 4 is 10.9 Å². The van der Waals surface area contributed by atoms with Crippen LogP contribution in [0.1, 0.15) is 38.3 Å². The Morgan fingerprint density at radius 1 is 1.26 bits per heavy atom. The zero-order valence-corrected chi connectivity index (χ0v) is 11.7. The first kappa shape index (κ1) is 12.7. The quantitative estimate of drug-likeness (QED) is 0.886. The van der Waals surface area contributed by atoms with Gasteiger partial charge in [0.1, 0.15) is 0 Å². The van der Waals surface area contributed by atoms with E-state index in [2.05, 4.69) is 34.9 Å². The Balaban J connectivity index is 1.97. The number of aliphatic hydroxyl groups is 1. The zero-order valence-electron chi connectivity index (χ0n) is 11.7. The molecule has 1 N–H and O–H groups in total. The van der Waals surface area contributed by atoms with Crippen molar-refractivity contribution in [3.8, 4) is 0 Å². The monoisotopic (exact) mass is 257 g/mol. The third-order valence-corrected chi connectivity index (χ3v) is 4.32. The molecule has 0 amide bonds. The maximum atomic E-state index is 9.70. The van der Waals surface area contributed by atoms with Gasteiger partial charge >= 0.3 is 0 Å². The molecule has 1 aliphatic carbocycles. The summed E-state index contributed by atoms with van der Waals surface area (Å²) >= 11 is 0. The summed E-state index contributed by atoms with van der Waals surface area (Å²) in [5.74, 6) is 0.823. The highest BCUT2D eigenvalue weighted by molar-refractivity contribution is 5.81. The lowest BCUT2D eigenvalue weighted by Gasteiger charge is -2.16. The second-order valence-corrected chi connectivity index (χ2v) is 6.01. The first-order valence-electron chi connectivity index (χ1n) is 7.49. The fourth-order valence-corrected chi connectivity index (χ4v) is 3.41. The Morgan fingerprint density at radius 3 is 2.74 bits per heavy atom. The van der Waals surface area contributed by atoms with Crippen molar-refractivity contribution in [3.63, 3.8) is 0 Å². The molecule has 1 aliphatic rings. The topological polar surface area (TPSA) is 25.2 Å². The molecule has 102 valence electrons. The van der Waals surface area contributed by atoms with E-state index in [1.807, 2.05) is 6.92 Å². The number of benzene rings is 1. The molecule has 0 spiro atoms. The van der Waals surface area contributed by atoms with E-state index < -0.39 is 0 Å². The Labute approximate surface area is 115 Å². The largest absolute Gasteiger partial charge is 0.393 e. The fraction of sp³-hybridized carbons (Fsp3) is 0.529. The maximum absolute atomic E-state index is 9.70. The molecule has 2 heteroatoms. The number of hydrogen-bond acceptors (Lipinski definition) is 1. The summed E-state index contributed by atoms with van der Waals surface area (Å²) in [6, 6.07) is 10.8. The van der Waals surface area contributed by atoms with Crippen LogP contribution in [0.2, 0.25) is 0 Å². The van der Waals surface area contributed by atoms with Crippen LogP contribution in [0.5, 0.6) is 0 Å². The van der Waals surface area contributed by atoms with Crippen molar-refractivity contribution in [2.75, 3.05) is 0 Å². The highest BCUT2D eigenvalue weighted by atomic mass is 16.3. The van der Waals surface area contributed by atoms with E-state index in [0.717, 1.165) is 18.9 Å². The Bertz CT molecular complexity index is 549. The van der Waals surface area contributed by atoms with Gasteiger partial charge in [-0.25, -0.2) is 0 Å². The van der Waals surface area contributed by atoms with Gasteiger partial charge in [-0.15, -0.1) is 0 Å². The molecule has 19 heavy (non-hydrogen) atoms. The molecule has 1 atom stereocenters. The highest BCUT2D eigenvalue weighted by Gasteiger charge is 2.18. The molecule has 2 aromatic rings. The first-order valence-corrected chi connectivity index (χ1v) is 7.49. The van der Waals surface area contributed by atoms with Crippen LogP contribution >= 0.6 is 0 Å². The van der Waals surface area contributed by atoms with E-state index >= 15 is 0 Å². The van der Waals surface area contributed by atoms with Gasteiger partial charge in [-0.2, -0.15) is 0 Å². The van der Waals surface area contributed by atoms with Gasteiger partial charge in [0.05, 0.1) is 6.10 Å². The van der Waals surface area contributed by atoms with Crippen molar-refractivity contribution in [2.24, 2.45) is 5.92 Å². The maximum Gasteiger partial charge on any atom is 0.0566 e. The van der Waals surface area contributed by atoms with Crippen LogP contribution in [0.25, 0.3) is 10.9 Å². The van der Waals surface area contributed by atoms with E-state index in [9.17, 15) is 5.11 Å². The normalized spacial score (nSPS) is 18.2. The summed E-state index contributed by atoms with van der Waals surface area (Å²) in [5.41, 5.74) is 2.60. The van der Waals surface area contributed by atoms with Gasteiger partial charge in [0, 0.05) is 24.2 Å². The number of aromatic nitrogens is 1. The van der Waals surface area contributed by atoms with Crippen molar-refractivity contribution in [2.45, 2.75) is 51.7 Å². The average molecular weight is 257 g/mol. The standard InChI is InChI=1S/C17H23NO/c1-13(19)10-16-11-15-8-4-5-9-17(15)18(16)12-14-6-2-3-7-14/h4-5,8-9,11,13-14,19H,2-3,6-7,10,12H2,1H3. The van der Waals surface area contributed by atoms with E-state index in [1.54, 1.807) is 0 Å². The van der Waals surface area contributed by atoms with Crippen molar-refractivity contribution in [1.29, 1.82) is 0 Å². The molecule has 2 nitrogen and oxygen atoms in total. The van der Waals surface area contributed by atoms with E-state index in [1.165, 1.54) is 42.3 Å². The average Bonchev–Trinajstić information content (AvgIpc) is 2.99. The number of hydrogen-bond donors (Lipinski definition) is 1. The molecule has 1 aromatic carbocycles. The summed E-state index contributed by atoms with van der Waals surface area (Å²) in [7, 11) is 0. The van der Waals surface area contributed by atoms with Gasteiger partial charge in [0.15, 0.2) is 0 Å². The molecular formula is C17H23NO. The predicted octanol–water partition coefficient (Wildman–Crippen LogP) is 3.75. The third-order valence-electron chi connectivity index (χ3n) is 4.32. The first-order chi connectivity index (χ1) is 9.24. The van der Waals surface area contributed by atoms with Crippen LogP contribution in [0.15, 0.2) is 30.3 Å². The lowest BCUT2D eigenvalue weighted by Crippen LogP contribution is -2.14. The molecule has 1 heterocycles. The number of fused-ring (bicyclic) bond motifs is 1. The summed E-state index contributed by atoms with van der Waals surface area (Å²) in [6.45, 7) is 2.99. The number of para-hydroxylation sites is 1. The van der Waals surface area contributed by atoms with Gasteiger partial charge in [0.2, 0.25) is 0 Å². The molecule has 3 rings (SSSR count). The molecule has 1 fully saturated rings. The van der Waals surface area contributed by atoms with Crippen LogP contribution in [-0.4, -0.2) is 15.8 Å². The molecule has 0 saturated heterocycles. The summed E-state index contributed by atoms with van der Waals surface area (Å²) < 4.78 is 2.44. The summed E-state index contributed by atoms with van der Waals surface area (Å²) in [5, 5.41) is 11.0. The van der Waals surface area contributed by atoms with E-state index in [0.29, 0.717) is 0 Å². The van der Waals surface area contributed by atoms with Crippen molar-refractivity contribution < 1.29 is 5.11 Å². The van der Waals surface area contributed by atoms with Gasteiger partial charge < -0.3 is 9.67 Å². The smallest absolute Gasteiger partial charge is 0.0566 e. The Morgan fingerprint density at radius 2 is 2.00 bits per heavy atom. The SMILES string of the molecule is CC(O)Cc1cc2ccccc2n1CC1CCCC1. The Kier molecular flexibility index (Phi) is 3.61. The molecule has 0 radical (unpaired) electrons. The highest BCUT2D eigenvalue weighted by Crippen LogP contribution is 2.29. The number of aliphatic hydroxyl groups excluding tert-OH is 1. The van der Waals surface area contributed by atoms with Crippen molar-refractivity contribution in [1.82, 2.24) is 4.57 Å². The lowest BCUT2D eigenvalue weighted by atomic mass is 10.1. The Hall–Kier alpha value is -1.28. The van der Waals surface area contributed by atoms with Gasteiger partial charge in [0.25, 0.3) is 0 Å². The lowest BCUT2D eigenvalue weighted by molar-refractivity contribution is 0.192. The van der Waals surface area contributed by atoms with E-state index in [4.69, 9.17) is 0 Å². The minimum atomic E-state index is -0.272. The summed E-state index contributed by atoms with van der Waals surface area (Å²) in [4.78, 5) is 0. The molecule has 1 saturated carbocycles. The van der Waals surface area contributed by atoms with Gasteiger partial charge in [-0.05, 0) is 43.2 Å². The molecular weight excluding hydrogens is 234 g/mol. The third kappa shape index (κ3) is 2.69. The minimum absolute atomic E-state index is 0.272. The minimum Gasteiger partial charge on any atom is -0.393 e. The molecule has 0 aliphatic heterocycles. The number of rotatable bonds is 4. The zero-order chi connectivity index (χ0) is 13.2. The fourth-order valence-electron chi connectivity index (χ4n) is 3.41. The number of nitrogens with zero attached hydrogens (tertiary/aromatic N) is 1. The second kappa shape index (κ2) is 5.38. The predicted molar refractivity (Wildman–Crippen MR) is 79.3 cm³/mol. The van der Waals surface area contributed by atoms with Crippen LogP contribution in [0.4, 0.5) is 0 Å². The van der Waals surface area contributed by atoms with Crippen LogP contribution in [0.3, 0.4) is 0 Å². The van der Waals surface area contributed by atoms with Crippen LogP contribution < -0.4 is 0 Å². The second-order valence-electron chi connectivity index (χ2n) is 6.01. The van der Waals surface area contributed by atoms with Crippen LogP contribution in [-0.2, 0) is 13.0 Å².